The Morgan fingerprint density at radius 3 is 2.24 bits per heavy atom. The van der Waals surface area contributed by atoms with Crippen LogP contribution in [0.2, 0.25) is 0 Å². The number of rotatable bonds is 3. The van der Waals surface area contributed by atoms with Gasteiger partial charge in [0.1, 0.15) is 11.6 Å². The molecule has 4 aromatic rings. The van der Waals surface area contributed by atoms with Crippen molar-refractivity contribution in [2.45, 2.75) is 20.8 Å². The number of phenols is 1. The Morgan fingerprint density at radius 2 is 1.55 bits per heavy atom. The van der Waals surface area contributed by atoms with Crippen molar-refractivity contribution in [1.29, 1.82) is 0 Å². The van der Waals surface area contributed by atoms with Gasteiger partial charge in [-0.1, -0.05) is 42.5 Å². The highest BCUT2D eigenvalue weighted by atomic mass is 19.1. The van der Waals surface area contributed by atoms with Gasteiger partial charge in [-0.05, 0) is 44.5 Å². The number of aromatic hydroxyl groups is 1. The predicted octanol–water partition coefficient (Wildman–Crippen LogP) is 6.25. The lowest BCUT2D eigenvalue weighted by Gasteiger charge is -2.14. The van der Waals surface area contributed by atoms with Crippen molar-refractivity contribution in [3.63, 3.8) is 0 Å². The van der Waals surface area contributed by atoms with Crippen molar-refractivity contribution >= 4 is 0 Å². The van der Waals surface area contributed by atoms with Gasteiger partial charge < -0.3 is 5.11 Å². The minimum atomic E-state index is -0.287. The average Bonchev–Trinajstić information content (AvgIpc) is 2.70. The number of aromatic nitrogens is 2. The molecule has 0 aliphatic carbocycles. The molecule has 2 aromatic carbocycles. The van der Waals surface area contributed by atoms with Crippen LogP contribution in [-0.4, -0.2) is 15.1 Å². The van der Waals surface area contributed by atoms with Crippen LogP contribution in [0.1, 0.15) is 17.0 Å². The topological polar surface area (TPSA) is 46.0 Å². The van der Waals surface area contributed by atoms with Crippen LogP contribution in [0.25, 0.3) is 33.5 Å². The Hall–Kier alpha value is -3.53. The van der Waals surface area contributed by atoms with Gasteiger partial charge in [-0.3, -0.25) is 9.97 Å². The molecular weight excluding hydrogens is 363 g/mol. The van der Waals surface area contributed by atoms with Crippen LogP contribution >= 0.6 is 0 Å². The van der Waals surface area contributed by atoms with E-state index in [1.165, 1.54) is 6.07 Å². The molecule has 0 amide bonds. The molecule has 0 fully saturated rings. The highest BCUT2D eigenvalue weighted by Crippen LogP contribution is 2.40. The summed E-state index contributed by atoms with van der Waals surface area (Å²) in [5.74, 6) is -0.115. The Balaban J connectivity index is 1.80. The highest BCUT2D eigenvalue weighted by Gasteiger charge is 2.17. The molecule has 4 heteroatoms. The van der Waals surface area contributed by atoms with Crippen LogP contribution in [0.5, 0.6) is 5.75 Å². The van der Waals surface area contributed by atoms with E-state index in [4.69, 9.17) is 0 Å². The molecule has 29 heavy (non-hydrogen) atoms. The molecule has 0 saturated carbocycles. The molecule has 4 rings (SSSR count). The first-order chi connectivity index (χ1) is 14.0. The molecule has 0 aliphatic rings. The molecule has 144 valence electrons. The molecule has 0 aliphatic heterocycles. The largest absolute Gasteiger partial charge is 0.507 e. The van der Waals surface area contributed by atoms with E-state index in [0.29, 0.717) is 22.4 Å². The second-order valence-electron chi connectivity index (χ2n) is 7.15. The molecule has 2 heterocycles. The third-order valence-corrected chi connectivity index (χ3v) is 5.11. The van der Waals surface area contributed by atoms with Crippen molar-refractivity contribution in [3.05, 3.63) is 89.6 Å². The standard InChI is InChI=1S/C25H21FN2O/c1-15-8-11-21(19-12-9-16(2)28-17(19)3)25(29)24(15)23-13-10-18(14-27-23)20-6-4-5-7-22(20)26/h4-14,29H,1-3H3. The number of aryl methyl sites for hydroxylation is 3. The van der Waals surface area contributed by atoms with Crippen molar-refractivity contribution in [3.8, 4) is 39.3 Å². The summed E-state index contributed by atoms with van der Waals surface area (Å²) in [6.45, 7) is 5.81. The van der Waals surface area contributed by atoms with E-state index in [0.717, 1.165) is 28.1 Å². The van der Waals surface area contributed by atoms with E-state index in [9.17, 15) is 9.50 Å². The summed E-state index contributed by atoms with van der Waals surface area (Å²) < 4.78 is 14.1. The number of phenolic OH excluding ortho intramolecular Hbond substituents is 1. The minimum absolute atomic E-state index is 0.171. The lowest BCUT2D eigenvalue weighted by Crippen LogP contribution is -1.94. The molecular formula is C25H21FN2O. The van der Waals surface area contributed by atoms with E-state index < -0.39 is 0 Å². The number of hydrogen-bond acceptors (Lipinski definition) is 3. The first-order valence-electron chi connectivity index (χ1n) is 9.44. The average molecular weight is 384 g/mol. The van der Waals surface area contributed by atoms with E-state index >= 15 is 0 Å². The zero-order chi connectivity index (χ0) is 20.5. The summed E-state index contributed by atoms with van der Waals surface area (Å²) >= 11 is 0. The monoisotopic (exact) mass is 384 g/mol. The van der Waals surface area contributed by atoms with Crippen molar-refractivity contribution in [1.82, 2.24) is 9.97 Å². The number of benzene rings is 2. The second-order valence-corrected chi connectivity index (χ2v) is 7.15. The van der Waals surface area contributed by atoms with E-state index in [1.54, 1.807) is 24.4 Å². The quantitative estimate of drug-likeness (QED) is 0.454. The predicted molar refractivity (Wildman–Crippen MR) is 114 cm³/mol. The van der Waals surface area contributed by atoms with Crippen LogP contribution < -0.4 is 0 Å². The third kappa shape index (κ3) is 3.49. The number of nitrogens with zero attached hydrogens (tertiary/aromatic N) is 2. The summed E-state index contributed by atoms with van der Waals surface area (Å²) in [6, 6.07) is 18.0. The zero-order valence-electron chi connectivity index (χ0n) is 16.6. The fraction of sp³-hybridized carbons (Fsp3) is 0.120. The molecule has 0 saturated heterocycles. The van der Waals surface area contributed by atoms with Gasteiger partial charge in [0.15, 0.2) is 0 Å². The first kappa shape index (κ1) is 18.8. The fourth-order valence-electron chi connectivity index (χ4n) is 3.60. The zero-order valence-corrected chi connectivity index (χ0v) is 16.6. The summed E-state index contributed by atoms with van der Waals surface area (Å²) in [4.78, 5) is 9.02. The van der Waals surface area contributed by atoms with Crippen LogP contribution in [0.3, 0.4) is 0 Å². The molecule has 0 unspecified atom stereocenters. The van der Waals surface area contributed by atoms with Crippen LogP contribution in [0.15, 0.2) is 66.9 Å². The molecule has 0 spiro atoms. The second kappa shape index (κ2) is 7.47. The van der Waals surface area contributed by atoms with Gasteiger partial charge in [-0.15, -0.1) is 0 Å². The van der Waals surface area contributed by atoms with Crippen molar-refractivity contribution < 1.29 is 9.50 Å². The Labute approximate surface area is 169 Å². The number of pyridine rings is 2. The van der Waals surface area contributed by atoms with Gasteiger partial charge in [0, 0.05) is 45.4 Å². The Kier molecular flexibility index (Phi) is 4.85. The van der Waals surface area contributed by atoms with Crippen LogP contribution in [-0.2, 0) is 0 Å². The molecule has 0 bridgehead atoms. The molecule has 2 aromatic heterocycles. The maximum absolute atomic E-state index is 14.1. The van der Waals surface area contributed by atoms with Gasteiger partial charge >= 0.3 is 0 Å². The normalized spacial score (nSPS) is 10.9. The summed E-state index contributed by atoms with van der Waals surface area (Å²) in [6.07, 6.45) is 1.64. The van der Waals surface area contributed by atoms with Gasteiger partial charge in [-0.2, -0.15) is 0 Å². The smallest absolute Gasteiger partial charge is 0.133 e. The number of hydrogen-bond donors (Lipinski definition) is 1. The van der Waals surface area contributed by atoms with Gasteiger partial charge in [-0.25, -0.2) is 4.39 Å². The van der Waals surface area contributed by atoms with Crippen molar-refractivity contribution in [2.75, 3.05) is 0 Å². The maximum atomic E-state index is 14.1. The lowest BCUT2D eigenvalue weighted by molar-refractivity contribution is 0.478. The summed E-state index contributed by atoms with van der Waals surface area (Å²) in [5.41, 5.74) is 6.81. The SMILES string of the molecule is Cc1ccc(-c2ccc(C)c(-c3ccc(-c4ccccc4F)cn3)c2O)c(C)n1. The molecule has 0 radical (unpaired) electrons. The lowest BCUT2D eigenvalue weighted by atomic mass is 9.94. The maximum Gasteiger partial charge on any atom is 0.133 e. The van der Waals surface area contributed by atoms with Crippen LogP contribution in [0, 0.1) is 26.6 Å². The van der Waals surface area contributed by atoms with Gasteiger partial charge in [0.25, 0.3) is 0 Å². The Morgan fingerprint density at radius 1 is 0.793 bits per heavy atom. The van der Waals surface area contributed by atoms with E-state index in [2.05, 4.69) is 9.97 Å². The van der Waals surface area contributed by atoms with Crippen LogP contribution in [0.4, 0.5) is 4.39 Å². The summed E-state index contributed by atoms with van der Waals surface area (Å²) in [7, 11) is 0. The van der Waals surface area contributed by atoms with Gasteiger partial charge in [0.05, 0.1) is 5.69 Å². The molecule has 3 nitrogen and oxygen atoms in total. The van der Waals surface area contributed by atoms with Crippen molar-refractivity contribution in [2.24, 2.45) is 0 Å². The van der Waals surface area contributed by atoms with E-state index in [-0.39, 0.29) is 11.6 Å². The fourth-order valence-corrected chi connectivity index (χ4v) is 3.60. The highest BCUT2D eigenvalue weighted by molar-refractivity contribution is 5.84. The van der Waals surface area contributed by atoms with Gasteiger partial charge in [0.2, 0.25) is 0 Å². The summed E-state index contributed by atoms with van der Waals surface area (Å²) in [5, 5.41) is 11.1. The third-order valence-electron chi connectivity index (χ3n) is 5.11. The Bertz CT molecular complexity index is 1200. The first-order valence-corrected chi connectivity index (χ1v) is 9.44. The molecule has 1 N–H and O–H groups in total. The minimum Gasteiger partial charge on any atom is -0.507 e. The number of halogens is 1. The van der Waals surface area contributed by atoms with E-state index in [1.807, 2.05) is 57.2 Å². The molecule has 0 atom stereocenters.